The second-order valence-corrected chi connectivity index (χ2v) is 4.39. The summed E-state index contributed by atoms with van der Waals surface area (Å²) < 4.78 is 44.5. The highest BCUT2D eigenvalue weighted by atomic mass is 19.4. The molecule has 6 nitrogen and oxygen atoms in total. The van der Waals surface area contributed by atoms with Crippen LogP contribution in [-0.4, -0.2) is 29.9 Å². The Morgan fingerprint density at radius 3 is 2.64 bits per heavy atom. The largest absolute Gasteiger partial charge is 0.496 e. The molecule has 0 amide bonds. The molecule has 1 aromatic carbocycles. The lowest BCUT2D eigenvalue weighted by atomic mass is 9.99. The first-order valence-corrected chi connectivity index (χ1v) is 5.90. The summed E-state index contributed by atoms with van der Waals surface area (Å²) in [6.07, 6.45) is -4.25. The molecule has 1 aromatic rings. The standard InChI is InChI=1S/C13H10F3N3O3/c1-22-10-7-19(9-4-2-3-8(5-9)6-17)18-12(10,11(20)21)13(14,15)16/h2-5,7,18H,1H3,(H,20,21). The molecule has 1 aliphatic rings. The zero-order valence-corrected chi connectivity index (χ0v) is 11.2. The maximum Gasteiger partial charge on any atom is 0.426 e. The molecule has 116 valence electrons. The molecule has 22 heavy (non-hydrogen) atoms. The molecule has 0 saturated heterocycles. The fraction of sp³-hybridized carbons (Fsp3) is 0.231. The van der Waals surface area contributed by atoms with Crippen molar-refractivity contribution in [3.63, 3.8) is 0 Å². The Hall–Kier alpha value is -2.73. The van der Waals surface area contributed by atoms with Gasteiger partial charge in [-0.05, 0) is 18.2 Å². The van der Waals surface area contributed by atoms with Gasteiger partial charge in [-0.15, -0.1) is 0 Å². The van der Waals surface area contributed by atoms with Gasteiger partial charge < -0.3 is 9.84 Å². The number of anilines is 1. The molecule has 0 saturated carbocycles. The molecule has 1 heterocycles. The van der Waals surface area contributed by atoms with Crippen LogP contribution in [0.3, 0.4) is 0 Å². The van der Waals surface area contributed by atoms with Crippen molar-refractivity contribution in [1.82, 2.24) is 5.43 Å². The molecule has 9 heteroatoms. The smallest absolute Gasteiger partial charge is 0.426 e. The first-order chi connectivity index (χ1) is 10.3. The molecule has 2 N–H and O–H groups in total. The summed E-state index contributed by atoms with van der Waals surface area (Å²) >= 11 is 0. The fourth-order valence-electron chi connectivity index (χ4n) is 2.03. The zero-order valence-electron chi connectivity index (χ0n) is 11.2. The molecule has 1 aliphatic heterocycles. The number of benzene rings is 1. The molecule has 0 aliphatic carbocycles. The second kappa shape index (κ2) is 5.23. The van der Waals surface area contributed by atoms with Crippen molar-refractivity contribution >= 4 is 11.7 Å². The predicted molar refractivity (Wildman–Crippen MR) is 68.3 cm³/mol. The number of nitrogens with zero attached hydrogens (tertiary/aromatic N) is 2. The average Bonchev–Trinajstić information content (AvgIpc) is 2.88. The van der Waals surface area contributed by atoms with Gasteiger partial charge in [0.05, 0.1) is 30.6 Å². The van der Waals surface area contributed by atoms with Crippen molar-refractivity contribution in [3.8, 4) is 6.07 Å². The Morgan fingerprint density at radius 2 is 2.18 bits per heavy atom. The van der Waals surface area contributed by atoms with Gasteiger partial charge in [-0.1, -0.05) is 6.07 Å². The summed E-state index contributed by atoms with van der Waals surface area (Å²) in [6.45, 7) is 0. The molecule has 0 aromatic heterocycles. The normalized spacial score (nSPS) is 21.2. The Morgan fingerprint density at radius 1 is 1.50 bits per heavy atom. The molecule has 1 atom stereocenters. The molecule has 1 unspecified atom stereocenters. The maximum atomic E-state index is 13.3. The Labute approximate surface area is 123 Å². The van der Waals surface area contributed by atoms with Gasteiger partial charge in [0.25, 0.3) is 5.54 Å². The quantitative estimate of drug-likeness (QED) is 0.884. The van der Waals surface area contributed by atoms with E-state index in [0.717, 1.165) is 18.3 Å². The number of aliphatic carboxylic acids is 1. The molecule has 0 radical (unpaired) electrons. The lowest BCUT2D eigenvalue weighted by molar-refractivity contribution is -0.205. The minimum Gasteiger partial charge on any atom is -0.496 e. The number of hydrazine groups is 1. The summed E-state index contributed by atoms with van der Waals surface area (Å²) in [4.78, 5) is 11.3. The summed E-state index contributed by atoms with van der Waals surface area (Å²) in [7, 11) is 0.951. The van der Waals surface area contributed by atoms with Gasteiger partial charge in [0.15, 0.2) is 5.76 Å². The lowest BCUT2D eigenvalue weighted by Gasteiger charge is -2.30. The Bertz CT molecular complexity index is 681. The first-order valence-electron chi connectivity index (χ1n) is 5.90. The van der Waals surface area contributed by atoms with Gasteiger partial charge >= 0.3 is 12.1 Å². The number of carboxylic acid groups (broad SMARTS) is 1. The van der Waals surface area contributed by atoms with E-state index in [1.54, 1.807) is 0 Å². The van der Waals surface area contributed by atoms with Gasteiger partial charge in [-0.25, -0.2) is 4.79 Å². The van der Waals surface area contributed by atoms with E-state index in [-0.39, 0.29) is 11.3 Å². The summed E-state index contributed by atoms with van der Waals surface area (Å²) in [5.74, 6) is -2.96. The van der Waals surface area contributed by atoms with E-state index in [1.807, 2.05) is 11.5 Å². The Balaban J connectivity index is 2.50. The van der Waals surface area contributed by atoms with Crippen molar-refractivity contribution in [2.24, 2.45) is 0 Å². The van der Waals surface area contributed by atoms with E-state index in [2.05, 4.69) is 4.74 Å². The number of alkyl halides is 3. The van der Waals surface area contributed by atoms with E-state index < -0.39 is 23.4 Å². The van der Waals surface area contributed by atoms with Crippen LogP contribution in [-0.2, 0) is 9.53 Å². The van der Waals surface area contributed by atoms with E-state index in [4.69, 9.17) is 10.4 Å². The maximum absolute atomic E-state index is 13.3. The highest BCUT2D eigenvalue weighted by Crippen LogP contribution is 2.41. The third-order valence-electron chi connectivity index (χ3n) is 3.12. The van der Waals surface area contributed by atoms with Crippen LogP contribution in [0.4, 0.5) is 18.9 Å². The van der Waals surface area contributed by atoms with E-state index in [0.29, 0.717) is 0 Å². The van der Waals surface area contributed by atoms with Crippen LogP contribution >= 0.6 is 0 Å². The summed E-state index contributed by atoms with van der Waals surface area (Å²) in [5, 5.41) is 18.8. The highest BCUT2D eigenvalue weighted by molar-refractivity contribution is 5.86. The van der Waals surface area contributed by atoms with E-state index >= 15 is 0 Å². The third-order valence-corrected chi connectivity index (χ3v) is 3.12. The Kier molecular flexibility index (Phi) is 3.72. The van der Waals surface area contributed by atoms with E-state index in [9.17, 15) is 18.0 Å². The van der Waals surface area contributed by atoms with Gasteiger partial charge in [0, 0.05) is 0 Å². The second-order valence-electron chi connectivity index (χ2n) is 4.39. The van der Waals surface area contributed by atoms with Crippen molar-refractivity contribution in [2.75, 3.05) is 12.1 Å². The number of hydrogen-bond acceptors (Lipinski definition) is 5. The van der Waals surface area contributed by atoms with Crippen LogP contribution in [0.2, 0.25) is 0 Å². The van der Waals surface area contributed by atoms with Crippen LogP contribution in [0, 0.1) is 11.3 Å². The van der Waals surface area contributed by atoms with Crippen LogP contribution in [0.1, 0.15) is 5.56 Å². The molecule has 0 spiro atoms. The van der Waals surface area contributed by atoms with Crippen molar-refractivity contribution in [2.45, 2.75) is 11.7 Å². The van der Waals surface area contributed by atoms with E-state index in [1.165, 1.54) is 24.3 Å². The topological polar surface area (TPSA) is 85.6 Å². The first kappa shape index (κ1) is 15.7. The van der Waals surface area contributed by atoms with Crippen molar-refractivity contribution in [1.29, 1.82) is 5.26 Å². The lowest BCUT2D eigenvalue weighted by Crippen LogP contribution is -2.64. The van der Waals surface area contributed by atoms with Crippen molar-refractivity contribution < 1.29 is 27.8 Å². The SMILES string of the molecule is COC1=CN(c2cccc(C#N)c2)NC1(C(=O)O)C(F)(F)F. The molecular weight excluding hydrogens is 303 g/mol. The van der Waals surface area contributed by atoms with Gasteiger partial charge in [-0.2, -0.15) is 23.9 Å². The minimum absolute atomic E-state index is 0.168. The third kappa shape index (κ3) is 2.23. The molecule has 0 fully saturated rings. The zero-order chi connectivity index (χ0) is 16.5. The van der Waals surface area contributed by atoms with Crippen LogP contribution in [0.5, 0.6) is 0 Å². The minimum atomic E-state index is -5.14. The molecule has 2 rings (SSSR count). The number of rotatable bonds is 3. The molecule has 0 bridgehead atoms. The highest BCUT2D eigenvalue weighted by Gasteiger charge is 2.68. The van der Waals surface area contributed by atoms with Gasteiger partial charge in [0.1, 0.15) is 0 Å². The average molecular weight is 313 g/mol. The summed E-state index contributed by atoms with van der Waals surface area (Å²) in [5.41, 5.74) is -1.11. The molecular formula is C13H10F3N3O3. The number of hydrogen-bond donors (Lipinski definition) is 2. The van der Waals surface area contributed by atoms with Crippen LogP contribution < -0.4 is 10.4 Å². The van der Waals surface area contributed by atoms with Crippen LogP contribution in [0.15, 0.2) is 36.2 Å². The number of ether oxygens (including phenoxy) is 1. The summed E-state index contributed by atoms with van der Waals surface area (Å²) in [6, 6.07) is 7.51. The number of nitrogens with one attached hydrogen (secondary N) is 1. The predicted octanol–water partition coefficient (Wildman–Crippen LogP) is 1.76. The number of methoxy groups -OCH3 is 1. The number of carboxylic acids is 1. The number of halogens is 3. The number of nitriles is 1. The monoisotopic (exact) mass is 313 g/mol. The van der Waals surface area contributed by atoms with Crippen LogP contribution in [0.25, 0.3) is 0 Å². The van der Waals surface area contributed by atoms with Crippen molar-refractivity contribution in [3.05, 3.63) is 41.8 Å². The van der Waals surface area contributed by atoms with Gasteiger partial charge in [0.2, 0.25) is 0 Å². The fourth-order valence-corrected chi connectivity index (χ4v) is 2.03. The van der Waals surface area contributed by atoms with Gasteiger partial charge in [-0.3, -0.25) is 5.01 Å². The number of carbonyl (C=O) groups is 1.